The van der Waals surface area contributed by atoms with Crippen molar-refractivity contribution in [2.24, 2.45) is 0 Å². The molecule has 1 heterocycles. The van der Waals surface area contributed by atoms with Gasteiger partial charge in [-0.3, -0.25) is 4.79 Å². The topological polar surface area (TPSA) is 34.9 Å². The van der Waals surface area contributed by atoms with Gasteiger partial charge in [0.1, 0.15) is 11.6 Å². The number of imidazole rings is 1. The molecule has 0 atom stereocenters. The summed E-state index contributed by atoms with van der Waals surface area (Å²) in [6, 6.07) is 5.74. The average Bonchev–Trinajstić information content (AvgIpc) is 2.76. The molecule has 0 spiro atoms. The lowest BCUT2D eigenvalue weighted by atomic mass is 10.1. The number of hydrogen-bond donors (Lipinski definition) is 0. The Hall–Kier alpha value is -1.97. The summed E-state index contributed by atoms with van der Waals surface area (Å²) in [5.74, 6) is 0.351. The number of ketones is 1. The van der Waals surface area contributed by atoms with Crippen LogP contribution in [0.1, 0.15) is 23.1 Å². The number of aryl methyl sites for hydroxylation is 1. The van der Waals surface area contributed by atoms with Gasteiger partial charge in [0.05, 0.1) is 6.54 Å². The van der Waals surface area contributed by atoms with Crippen molar-refractivity contribution in [1.82, 2.24) is 9.55 Å². The monoisotopic (exact) mass is 232 g/mol. The first kappa shape index (κ1) is 11.5. The normalized spacial score (nSPS) is 10.5. The molecule has 0 saturated carbocycles. The fourth-order valence-corrected chi connectivity index (χ4v) is 1.71. The van der Waals surface area contributed by atoms with Gasteiger partial charge in [0.15, 0.2) is 5.78 Å². The van der Waals surface area contributed by atoms with Crippen LogP contribution in [0.4, 0.5) is 4.39 Å². The third-order valence-corrected chi connectivity index (χ3v) is 2.58. The van der Waals surface area contributed by atoms with E-state index in [1.165, 1.54) is 18.2 Å². The Balaban J connectivity index is 2.17. The molecular weight excluding hydrogens is 219 g/mol. The van der Waals surface area contributed by atoms with Crippen LogP contribution < -0.4 is 0 Å². The highest BCUT2D eigenvalue weighted by Gasteiger charge is 2.09. The third kappa shape index (κ3) is 2.58. The van der Waals surface area contributed by atoms with E-state index in [9.17, 15) is 9.18 Å². The molecule has 0 amide bonds. The van der Waals surface area contributed by atoms with Crippen molar-refractivity contribution in [1.29, 1.82) is 0 Å². The van der Waals surface area contributed by atoms with Gasteiger partial charge in [0.25, 0.3) is 0 Å². The fraction of sp³-hybridized carbons (Fsp3) is 0.231. The third-order valence-electron chi connectivity index (χ3n) is 2.58. The first-order valence-corrected chi connectivity index (χ1v) is 5.49. The maximum absolute atomic E-state index is 13.0. The zero-order chi connectivity index (χ0) is 12.3. The number of Topliss-reactive ketones (excluding diaryl/α,β-unsaturated/α-hetero) is 1. The Morgan fingerprint density at radius 3 is 3.00 bits per heavy atom. The van der Waals surface area contributed by atoms with E-state index in [4.69, 9.17) is 0 Å². The second kappa shape index (κ2) is 4.91. The van der Waals surface area contributed by atoms with Crippen molar-refractivity contribution >= 4 is 5.78 Å². The van der Waals surface area contributed by atoms with E-state index in [1.807, 2.05) is 6.92 Å². The molecule has 2 aromatic rings. The molecule has 0 radical (unpaired) electrons. The van der Waals surface area contributed by atoms with Gasteiger partial charge in [-0.25, -0.2) is 9.37 Å². The van der Waals surface area contributed by atoms with Crippen LogP contribution >= 0.6 is 0 Å². The molecule has 0 bridgehead atoms. The molecule has 3 nitrogen and oxygen atoms in total. The number of rotatable bonds is 4. The summed E-state index contributed by atoms with van der Waals surface area (Å²) in [6.45, 7) is 2.18. The second-order valence-corrected chi connectivity index (χ2v) is 3.76. The molecule has 0 aliphatic heterocycles. The summed E-state index contributed by atoms with van der Waals surface area (Å²) in [4.78, 5) is 16.1. The predicted octanol–water partition coefficient (Wildman–Crippen LogP) is 2.47. The van der Waals surface area contributed by atoms with E-state index < -0.39 is 5.82 Å². The van der Waals surface area contributed by atoms with Gasteiger partial charge in [-0.1, -0.05) is 19.1 Å². The van der Waals surface area contributed by atoms with Crippen molar-refractivity contribution < 1.29 is 9.18 Å². The Morgan fingerprint density at radius 1 is 1.47 bits per heavy atom. The molecule has 0 N–H and O–H groups in total. The lowest BCUT2D eigenvalue weighted by Gasteiger charge is -2.05. The van der Waals surface area contributed by atoms with Crippen LogP contribution in [0.5, 0.6) is 0 Å². The van der Waals surface area contributed by atoms with Crippen molar-refractivity contribution in [3.05, 3.63) is 53.9 Å². The van der Waals surface area contributed by atoms with Crippen molar-refractivity contribution in [2.45, 2.75) is 19.9 Å². The summed E-state index contributed by atoms with van der Waals surface area (Å²) < 4.78 is 14.8. The van der Waals surface area contributed by atoms with Crippen LogP contribution in [-0.2, 0) is 13.0 Å². The number of carbonyl (C=O) groups is 1. The zero-order valence-electron chi connectivity index (χ0n) is 9.56. The summed E-state index contributed by atoms with van der Waals surface area (Å²) in [6.07, 6.45) is 4.19. The highest BCUT2D eigenvalue weighted by atomic mass is 19.1. The van der Waals surface area contributed by atoms with Crippen LogP contribution in [0.25, 0.3) is 0 Å². The maximum Gasteiger partial charge on any atom is 0.182 e. The van der Waals surface area contributed by atoms with Gasteiger partial charge in [0.2, 0.25) is 0 Å². The van der Waals surface area contributed by atoms with E-state index >= 15 is 0 Å². The smallest absolute Gasteiger partial charge is 0.182 e. The predicted molar refractivity (Wildman–Crippen MR) is 62.3 cm³/mol. The van der Waals surface area contributed by atoms with Crippen LogP contribution in [0, 0.1) is 5.82 Å². The van der Waals surface area contributed by atoms with E-state index in [1.54, 1.807) is 23.0 Å². The molecule has 0 saturated heterocycles. The van der Waals surface area contributed by atoms with Gasteiger partial charge in [-0.15, -0.1) is 0 Å². The van der Waals surface area contributed by atoms with Crippen LogP contribution in [0.3, 0.4) is 0 Å². The SMILES string of the molecule is CCc1nccn1CC(=O)c1cccc(F)c1. The first-order valence-electron chi connectivity index (χ1n) is 5.49. The van der Waals surface area contributed by atoms with E-state index in [0.717, 1.165) is 12.2 Å². The number of carbonyl (C=O) groups excluding carboxylic acids is 1. The fourth-order valence-electron chi connectivity index (χ4n) is 1.71. The standard InChI is InChI=1S/C13H13FN2O/c1-2-13-15-6-7-16(13)9-12(17)10-4-3-5-11(14)8-10/h3-8H,2,9H2,1H3. The van der Waals surface area contributed by atoms with Gasteiger partial charge in [-0.05, 0) is 12.1 Å². The molecule has 4 heteroatoms. The summed E-state index contributed by atoms with van der Waals surface area (Å²) in [5, 5.41) is 0. The molecule has 17 heavy (non-hydrogen) atoms. The highest BCUT2D eigenvalue weighted by molar-refractivity contribution is 5.95. The van der Waals surface area contributed by atoms with Gasteiger partial charge >= 0.3 is 0 Å². The first-order chi connectivity index (χ1) is 8.20. The van der Waals surface area contributed by atoms with E-state index in [2.05, 4.69) is 4.98 Å². The Kier molecular flexibility index (Phi) is 3.32. The lowest BCUT2D eigenvalue weighted by molar-refractivity contribution is 0.0970. The second-order valence-electron chi connectivity index (χ2n) is 3.76. The molecule has 1 aromatic carbocycles. The minimum Gasteiger partial charge on any atom is -0.327 e. The number of halogens is 1. The maximum atomic E-state index is 13.0. The number of hydrogen-bond acceptors (Lipinski definition) is 2. The van der Waals surface area contributed by atoms with Gasteiger partial charge < -0.3 is 4.57 Å². The number of nitrogens with zero attached hydrogens (tertiary/aromatic N) is 2. The Morgan fingerprint density at radius 2 is 2.29 bits per heavy atom. The van der Waals surface area contributed by atoms with Crippen LogP contribution in [0.15, 0.2) is 36.7 Å². The zero-order valence-corrected chi connectivity index (χ0v) is 9.56. The minimum absolute atomic E-state index is 0.114. The minimum atomic E-state index is -0.391. The largest absolute Gasteiger partial charge is 0.327 e. The van der Waals surface area contributed by atoms with E-state index in [0.29, 0.717) is 5.56 Å². The Labute approximate surface area is 98.9 Å². The molecular formula is C13H13FN2O. The molecule has 0 unspecified atom stereocenters. The van der Waals surface area contributed by atoms with Crippen molar-refractivity contribution in [3.63, 3.8) is 0 Å². The number of benzene rings is 1. The molecule has 88 valence electrons. The quantitative estimate of drug-likeness (QED) is 0.759. The summed E-state index contributed by atoms with van der Waals surface area (Å²) >= 11 is 0. The van der Waals surface area contributed by atoms with Gasteiger partial charge in [0, 0.05) is 24.4 Å². The average molecular weight is 232 g/mol. The summed E-state index contributed by atoms with van der Waals surface area (Å²) in [7, 11) is 0. The molecule has 2 rings (SSSR count). The Bertz CT molecular complexity index is 534. The van der Waals surface area contributed by atoms with Crippen molar-refractivity contribution in [2.75, 3.05) is 0 Å². The molecule has 0 aliphatic carbocycles. The van der Waals surface area contributed by atoms with E-state index in [-0.39, 0.29) is 12.3 Å². The molecule has 1 aromatic heterocycles. The van der Waals surface area contributed by atoms with Gasteiger partial charge in [-0.2, -0.15) is 0 Å². The number of aromatic nitrogens is 2. The molecule has 0 fully saturated rings. The summed E-state index contributed by atoms with van der Waals surface area (Å²) in [5.41, 5.74) is 0.390. The van der Waals surface area contributed by atoms with Crippen LogP contribution in [-0.4, -0.2) is 15.3 Å². The van der Waals surface area contributed by atoms with Crippen molar-refractivity contribution in [3.8, 4) is 0 Å². The lowest BCUT2D eigenvalue weighted by Crippen LogP contribution is -2.12. The molecule has 0 aliphatic rings. The highest BCUT2D eigenvalue weighted by Crippen LogP contribution is 2.07. The van der Waals surface area contributed by atoms with Crippen LogP contribution in [0.2, 0.25) is 0 Å².